The highest BCUT2D eigenvalue weighted by Gasteiger charge is 2.27. The van der Waals surface area contributed by atoms with Gasteiger partial charge in [-0.1, -0.05) is 12.1 Å². The van der Waals surface area contributed by atoms with Crippen molar-refractivity contribution in [3.63, 3.8) is 0 Å². The Morgan fingerprint density at radius 2 is 2.14 bits per heavy atom. The Labute approximate surface area is 124 Å². The Kier molecular flexibility index (Phi) is 5.98. The first-order chi connectivity index (χ1) is 10.2. The van der Waals surface area contributed by atoms with Gasteiger partial charge in [0.25, 0.3) is 0 Å². The molecule has 21 heavy (non-hydrogen) atoms. The van der Waals surface area contributed by atoms with Gasteiger partial charge in [0.15, 0.2) is 0 Å². The van der Waals surface area contributed by atoms with E-state index in [1.807, 2.05) is 24.3 Å². The van der Waals surface area contributed by atoms with Crippen molar-refractivity contribution in [3.05, 3.63) is 29.8 Å². The summed E-state index contributed by atoms with van der Waals surface area (Å²) in [5.74, 6) is 0.703. The van der Waals surface area contributed by atoms with Crippen molar-refractivity contribution < 1.29 is 19.4 Å². The smallest absolute Gasteiger partial charge is 0.237 e. The summed E-state index contributed by atoms with van der Waals surface area (Å²) >= 11 is 0. The number of aliphatic hydroxyl groups is 1. The molecule has 0 aliphatic carbocycles. The monoisotopic (exact) mass is 294 g/mol. The number of rotatable bonds is 7. The summed E-state index contributed by atoms with van der Waals surface area (Å²) in [5, 5.41) is 15.2. The maximum absolute atomic E-state index is 11.9. The fourth-order valence-electron chi connectivity index (χ4n) is 2.18. The highest BCUT2D eigenvalue weighted by Crippen LogP contribution is 2.12. The van der Waals surface area contributed by atoms with Crippen LogP contribution in [0.4, 0.5) is 0 Å². The van der Waals surface area contributed by atoms with E-state index in [9.17, 15) is 9.90 Å². The number of amides is 1. The maximum atomic E-state index is 11.9. The van der Waals surface area contributed by atoms with E-state index in [1.165, 1.54) is 0 Å². The van der Waals surface area contributed by atoms with Crippen molar-refractivity contribution in [2.75, 3.05) is 26.9 Å². The lowest BCUT2D eigenvalue weighted by molar-refractivity contribution is -0.123. The molecule has 1 aromatic rings. The van der Waals surface area contributed by atoms with E-state index >= 15 is 0 Å². The molecule has 1 fully saturated rings. The van der Waals surface area contributed by atoms with Crippen LogP contribution in [-0.4, -0.2) is 50.0 Å². The molecule has 1 amide bonds. The molecule has 1 saturated heterocycles. The molecule has 0 bridgehead atoms. The Balaban J connectivity index is 1.74. The SMILES string of the molecule is COCCOc1ccc(CNC(=O)[C@@H]2C[C@@H](O)CN2)cc1. The molecule has 0 aromatic heterocycles. The molecule has 0 radical (unpaired) electrons. The van der Waals surface area contributed by atoms with Crippen LogP contribution in [0.5, 0.6) is 5.75 Å². The average Bonchev–Trinajstić information content (AvgIpc) is 2.93. The van der Waals surface area contributed by atoms with E-state index in [0.717, 1.165) is 11.3 Å². The van der Waals surface area contributed by atoms with Gasteiger partial charge in [-0.25, -0.2) is 0 Å². The third kappa shape index (κ3) is 5.00. The van der Waals surface area contributed by atoms with Crippen molar-refractivity contribution in [1.82, 2.24) is 10.6 Å². The number of hydrogen-bond donors (Lipinski definition) is 3. The topological polar surface area (TPSA) is 79.8 Å². The van der Waals surface area contributed by atoms with E-state index in [2.05, 4.69) is 10.6 Å². The van der Waals surface area contributed by atoms with Gasteiger partial charge in [-0.3, -0.25) is 4.79 Å². The quantitative estimate of drug-likeness (QED) is 0.619. The lowest BCUT2D eigenvalue weighted by Gasteiger charge is -2.11. The first kappa shape index (κ1) is 15.8. The van der Waals surface area contributed by atoms with Crippen LogP contribution >= 0.6 is 0 Å². The number of hydrogen-bond acceptors (Lipinski definition) is 5. The first-order valence-corrected chi connectivity index (χ1v) is 7.09. The van der Waals surface area contributed by atoms with Gasteiger partial charge < -0.3 is 25.2 Å². The normalized spacial score (nSPS) is 21.2. The van der Waals surface area contributed by atoms with Crippen LogP contribution in [0.1, 0.15) is 12.0 Å². The minimum absolute atomic E-state index is 0.0769. The molecule has 1 aromatic carbocycles. The number of methoxy groups -OCH3 is 1. The highest BCUT2D eigenvalue weighted by molar-refractivity contribution is 5.82. The highest BCUT2D eigenvalue weighted by atomic mass is 16.5. The Morgan fingerprint density at radius 3 is 2.76 bits per heavy atom. The summed E-state index contributed by atoms with van der Waals surface area (Å²) in [6, 6.07) is 7.28. The van der Waals surface area contributed by atoms with Gasteiger partial charge in [0.05, 0.1) is 18.8 Å². The van der Waals surface area contributed by atoms with Crippen LogP contribution in [0.2, 0.25) is 0 Å². The van der Waals surface area contributed by atoms with Crippen LogP contribution in [-0.2, 0) is 16.1 Å². The summed E-state index contributed by atoms with van der Waals surface area (Å²) in [7, 11) is 1.63. The van der Waals surface area contributed by atoms with Crippen LogP contribution in [0.3, 0.4) is 0 Å². The lowest BCUT2D eigenvalue weighted by Crippen LogP contribution is -2.39. The van der Waals surface area contributed by atoms with Crippen molar-refractivity contribution in [2.45, 2.75) is 25.1 Å². The Hall–Kier alpha value is -1.63. The predicted octanol–water partition coefficient (Wildman–Crippen LogP) is 0.0508. The molecule has 3 N–H and O–H groups in total. The van der Waals surface area contributed by atoms with Crippen molar-refractivity contribution in [3.8, 4) is 5.75 Å². The number of nitrogens with one attached hydrogen (secondary N) is 2. The van der Waals surface area contributed by atoms with Crippen LogP contribution < -0.4 is 15.4 Å². The molecule has 116 valence electrons. The van der Waals surface area contributed by atoms with E-state index in [-0.39, 0.29) is 11.9 Å². The molecular formula is C15H22N2O4. The molecule has 2 rings (SSSR count). The number of benzene rings is 1. The number of aliphatic hydroxyl groups excluding tert-OH is 1. The van der Waals surface area contributed by atoms with Gasteiger partial charge in [-0.15, -0.1) is 0 Å². The van der Waals surface area contributed by atoms with Crippen LogP contribution in [0.15, 0.2) is 24.3 Å². The standard InChI is InChI=1S/C15H22N2O4/c1-20-6-7-21-13-4-2-11(3-5-13)9-17-15(19)14-8-12(18)10-16-14/h2-5,12,14,16,18H,6-10H2,1H3,(H,17,19)/t12-,14+/m1/s1. The summed E-state index contributed by atoms with van der Waals surface area (Å²) < 4.78 is 10.4. The molecule has 2 atom stereocenters. The van der Waals surface area contributed by atoms with Gasteiger partial charge in [-0.2, -0.15) is 0 Å². The van der Waals surface area contributed by atoms with E-state index in [4.69, 9.17) is 9.47 Å². The van der Waals surface area contributed by atoms with E-state index in [0.29, 0.717) is 32.7 Å². The zero-order valence-electron chi connectivity index (χ0n) is 12.2. The van der Waals surface area contributed by atoms with Crippen LogP contribution in [0.25, 0.3) is 0 Å². The van der Waals surface area contributed by atoms with Gasteiger partial charge in [0.1, 0.15) is 12.4 Å². The van der Waals surface area contributed by atoms with Gasteiger partial charge >= 0.3 is 0 Å². The molecule has 0 saturated carbocycles. The minimum atomic E-state index is -0.427. The third-order valence-corrected chi connectivity index (χ3v) is 3.37. The summed E-state index contributed by atoms with van der Waals surface area (Å²) in [6.07, 6.45) is 0.0438. The second-order valence-corrected chi connectivity index (χ2v) is 5.05. The molecule has 1 aliphatic rings. The second-order valence-electron chi connectivity index (χ2n) is 5.05. The fourth-order valence-corrected chi connectivity index (χ4v) is 2.18. The second kappa shape index (κ2) is 7.97. The third-order valence-electron chi connectivity index (χ3n) is 3.37. The predicted molar refractivity (Wildman–Crippen MR) is 78.1 cm³/mol. The Morgan fingerprint density at radius 1 is 1.38 bits per heavy atom. The summed E-state index contributed by atoms with van der Waals surface area (Å²) in [6.45, 7) is 2.01. The van der Waals surface area contributed by atoms with Gasteiger partial charge in [0.2, 0.25) is 5.91 Å². The number of ether oxygens (including phenoxy) is 2. The molecule has 0 spiro atoms. The van der Waals surface area contributed by atoms with E-state index in [1.54, 1.807) is 7.11 Å². The molecule has 6 heteroatoms. The van der Waals surface area contributed by atoms with Crippen molar-refractivity contribution in [2.24, 2.45) is 0 Å². The number of β-amino-alcohol motifs (C(OH)–C–C–N with tert-alkyl or cyclic N) is 1. The number of carbonyl (C=O) groups is 1. The average molecular weight is 294 g/mol. The molecule has 6 nitrogen and oxygen atoms in total. The maximum Gasteiger partial charge on any atom is 0.237 e. The molecule has 1 aliphatic heterocycles. The zero-order valence-corrected chi connectivity index (χ0v) is 12.2. The molecular weight excluding hydrogens is 272 g/mol. The summed E-state index contributed by atoms with van der Waals surface area (Å²) in [4.78, 5) is 11.9. The fraction of sp³-hybridized carbons (Fsp3) is 0.533. The summed E-state index contributed by atoms with van der Waals surface area (Å²) in [5.41, 5.74) is 1.00. The molecule has 1 heterocycles. The minimum Gasteiger partial charge on any atom is -0.491 e. The van der Waals surface area contributed by atoms with Crippen molar-refractivity contribution in [1.29, 1.82) is 0 Å². The van der Waals surface area contributed by atoms with Crippen molar-refractivity contribution >= 4 is 5.91 Å². The largest absolute Gasteiger partial charge is 0.491 e. The zero-order chi connectivity index (χ0) is 15.1. The van der Waals surface area contributed by atoms with Gasteiger partial charge in [-0.05, 0) is 24.1 Å². The lowest BCUT2D eigenvalue weighted by atomic mass is 10.1. The number of carbonyl (C=O) groups excluding carboxylic acids is 1. The van der Waals surface area contributed by atoms with E-state index < -0.39 is 6.10 Å². The van der Waals surface area contributed by atoms with Crippen LogP contribution in [0, 0.1) is 0 Å². The van der Waals surface area contributed by atoms with Gasteiger partial charge in [0, 0.05) is 20.2 Å². The first-order valence-electron chi connectivity index (χ1n) is 7.09. The Bertz CT molecular complexity index is 449. The molecule has 0 unspecified atom stereocenters.